The first kappa shape index (κ1) is 13.2. The summed E-state index contributed by atoms with van der Waals surface area (Å²) in [5.41, 5.74) is 0.856. The van der Waals surface area contributed by atoms with Crippen molar-refractivity contribution >= 4 is 17.4 Å². The summed E-state index contributed by atoms with van der Waals surface area (Å²) in [6.07, 6.45) is 11.3. The Morgan fingerprint density at radius 2 is 2.15 bits per heavy atom. The van der Waals surface area contributed by atoms with Crippen LogP contribution in [0.3, 0.4) is 0 Å². The Labute approximate surface area is 119 Å². The van der Waals surface area contributed by atoms with Crippen LogP contribution >= 0.6 is 0 Å². The molecule has 1 saturated heterocycles. The molecule has 2 aliphatic rings. The molecule has 3 rings (SSSR count). The lowest BCUT2D eigenvalue weighted by Gasteiger charge is -2.22. The number of anilines is 2. The molecule has 1 aliphatic carbocycles. The van der Waals surface area contributed by atoms with Crippen molar-refractivity contribution in [1.82, 2.24) is 4.98 Å². The molecule has 4 heteroatoms. The van der Waals surface area contributed by atoms with Crippen molar-refractivity contribution in [3.8, 4) is 0 Å². The number of carbonyl (C=O) groups is 1. The molecule has 0 radical (unpaired) electrons. The third kappa shape index (κ3) is 2.84. The van der Waals surface area contributed by atoms with Crippen molar-refractivity contribution in [2.45, 2.75) is 32.1 Å². The van der Waals surface area contributed by atoms with Crippen LogP contribution in [-0.4, -0.2) is 24.0 Å². The molecule has 0 spiro atoms. The molecule has 106 valence electrons. The first-order chi connectivity index (χ1) is 9.84. The minimum atomic E-state index is 0.103. The van der Waals surface area contributed by atoms with Crippen LogP contribution < -0.4 is 10.2 Å². The maximum Gasteiger partial charge on any atom is 0.227 e. The van der Waals surface area contributed by atoms with Crippen molar-refractivity contribution in [2.75, 3.05) is 23.3 Å². The van der Waals surface area contributed by atoms with Gasteiger partial charge in [0.25, 0.3) is 0 Å². The fourth-order valence-corrected chi connectivity index (χ4v) is 2.94. The Morgan fingerprint density at radius 3 is 2.90 bits per heavy atom. The third-order valence-corrected chi connectivity index (χ3v) is 4.09. The predicted octanol–water partition coefficient (Wildman–Crippen LogP) is 2.98. The SMILES string of the molecule is O=C(Nc1cccnc1N1CCCC1)C1CC=CCC1. The van der Waals surface area contributed by atoms with Crippen LogP contribution in [0.5, 0.6) is 0 Å². The zero-order valence-corrected chi connectivity index (χ0v) is 11.7. The maximum absolute atomic E-state index is 12.3. The standard InChI is InChI=1S/C16H21N3O/c20-16(13-7-2-1-3-8-13)18-14-9-6-10-17-15(14)19-11-4-5-12-19/h1-2,6,9-10,13H,3-5,7-8,11-12H2,(H,18,20). The fraction of sp³-hybridized carbons (Fsp3) is 0.500. The minimum Gasteiger partial charge on any atom is -0.355 e. The van der Waals surface area contributed by atoms with Gasteiger partial charge in [-0.3, -0.25) is 4.79 Å². The molecule has 0 saturated carbocycles. The molecule has 1 amide bonds. The van der Waals surface area contributed by atoms with Gasteiger partial charge in [0.15, 0.2) is 5.82 Å². The Hall–Kier alpha value is -1.84. The molecule has 1 atom stereocenters. The summed E-state index contributed by atoms with van der Waals surface area (Å²) in [5.74, 6) is 1.15. The van der Waals surface area contributed by atoms with E-state index < -0.39 is 0 Å². The molecule has 1 fully saturated rings. The molecule has 1 aromatic rings. The van der Waals surface area contributed by atoms with E-state index in [1.165, 1.54) is 12.8 Å². The lowest BCUT2D eigenvalue weighted by Crippen LogP contribution is -2.26. The summed E-state index contributed by atoms with van der Waals surface area (Å²) >= 11 is 0. The van der Waals surface area contributed by atoms with E-state index in [4.69, 9.17) is 0 Å². The van der Waals surface area contributed by atoms with Crippen molar-refractivity contribution < 1.29 is 4.79 Å². The Bertz CT molecular complexity index is 506. The molecule has 1 N–H and O–H groups in total. The minimum absolute atomic E-state index is 0.103. The zero-order valence-electron chi connectivity index (χ0n) is 11.7. The Morgan fingerprint density at radius 1 is 1.30 bits per heavy atom. The summed E-state index contributed by atoms with van der Waals surface area (Å²) in [5, 5.41) is 3.08. The van der Waals surface area contributed by atoms with Gasteiger partial charge < -0.3 is 10.2 Å². The number of rotatable bonds is 3. The molecule has 2 heterocycles. The Kier molecular flexibility index (Phi) is 4.00. The van der Waals surface area contributed by atoms with Gasteiger partial charge in [0.2, 0.25) is 5.91 Å². The highest BCUT2D eigenvalue weighted by atomic mass is 16.1. The van der Waals surface area contributed by atoms with Gasteiger partial charge in [0.05, 0.1) is 5.69 Å². The van der Waals surface area contributed by atoms with E-state index in [1.807, 2.05) is 12.1 Å². The average Bonchev–Trinajstić information content (AvgIpc) is 3.03. The largest absolute Gasteiger partial charge is 0.355 e. The quantitative estimate of drug-likeness (QED) is 0.860. The number of allylic oxidation sites excluding steroid dienone is 2. The van der Waals surface area contributed by atoms with Crippen molar-refractivity contribution in [3.63, 3.8) is 0 Å². The topological polar surface area (TPSA) is 45.2 Å². The van der Waals surface area contributed by atoms with Gasteiger partial charge in [0, 0.05) is 25.2 Å². The van der Waals surface area contributed by atoms with E-state index in [1.54, 1.807) is 6.20 Å². The highest BCUT2D eigenvalue weighted by molar-refractivity contribution is 5.95. The molecule has 1 aromatic heterocycles. The lowest BCUT2D eigenvalue weighted by atomic mass is 9.93. The second-order valence-electron chi connectivity index (χ2n) is 5.54. The molecular formula is C16H21N3O. The van der Waals surface area contributed by atoms with E-state index in [2.05, 4.69) is 27.4 Å². The molecule has 0 aromatic carbocycles. The van der Waals surface area contributed by atoms with E-state index >= 15 is 0 Å². The van der Waals surface area contributed by atoms with Gasteiger partial charge >= 0.3 is 0 Å². The molecular weight excluding hydrogens is 250 g/mol. The van der Waals surface area contributed by atoms with Crippen LogP contribution in [0.1, 0.15) is 32.1 Å². The van der Waals surface area contributed by atoms with Crippen LogP contribution in [0, 0.1) is 5.92 Å². The number of hydrogen-bond acceptors (Lipinski definition) is 3. The van der Waals surface area contributed by atoms with Gasteiger partial charge in [-0.1, -0.05) is 12.2 Å². The first-order valence-electron chi connectivity index (χ1n) is 7.50. The number of aromatic nitrogens is 1. The summed E-state index contributed by atoms with van der Waals surface area (Å²) in [6.45, 7) is 2.07. The average molecular weight is 271 g/mol. The third-order valence-electron chi connectivity index (χ3n) is 4.09. The first-order valence-corrected chi connectivity index (χ1v) is 7.50. The number of nitrogens with one attached hydrogen (secondary N) is 1. The van der Waals surface area contributed by atoms with Crippen molar-refractivity contribution in [3.05, 3.63) is 30.5 Å². The normalized spacial score (nSPS) is 22.0. The van der Waals surface area contributed by atoms with Crippen LogP contribution in [0.25, 0.3) is 0 Å². The lowest BCUT2D eigenvalue weighted by molar-refractivity contribution is -0.120. The summed E-state index contributed by atoms with van der Waals surface area (Å²) in [7, 11) is 0. The van der Waals surface area contributed by atoms with E-state index in [0.717, 1.165) is 43.9 Å². The van der Waals surface area contributed by atoms with Crippen LogP contribution in [0.4, 0.5) is 11.5 Å². The van der Waals surface area contributed by atoms with Gasteiger partial charge in [-0.25, -0.2) is 4.98 Å². The van der Waals surface area contributed by atoms with Crippen molar-refractivity contribution in [2.24, 2.45) is 5.92 Å². The number of nitrogens with zero attached hydrogens (tertiary/aromatic N) is 2. The van der Waals surface area contributed by atoms with E-state index in [0.29, 0.717) is 0 Å². The summed E-state index contributed by atoms with van der Waals surface area (Å²) < 4.78 is 0. The number of amides is 1. The Balaban J connectivity index is 1.73. The van der Waals surface area contributed by atoms with Crippen LogP contribution in [0.15, 0.2) is 30.5 Å². The van der Waals surface area contributed by atoms with Gasteiger partial charge in [0.1, 0.15) is 0 Å². The van der Waals surface area contributed by atoms with Crippen LogP contribution in [-0.2, 0) is 4.79 Å². The molecule has 1 unspecified atom stereocenters. The molecule has 0 bridgehead atoms. The van der Waals surface area contributed by atoms with Gasteiger partial charge in [-0.2, -0.15) is 0 Å². The fourth-order valence-electron chi connectivity index (χ4n) is 2.94. The maximum atomic E-state index is 12.3. The summed E-state index contributed by atoms with van der Waals surface area (Å²) in [4.78, 5) is 19.1. The molecule has 20 heavy (non-hydrogen) atoms. The monoisotopic (exact) mass is 271 g/mol. The smallest absolute Gasteiger partial charge is 0.227 e. The molecule has 4 nitrogen and oxygen atoms in total. The molecule has 1 aliphatic heterocycles. The predicted molar refractivity (Wildman–Crippen MR) is 80.8 cm³/mol. The van der Waals surface area contributed by atoms with Gasteiger partial charge in [-0.15, -0.1) is 0 Å². The highest BCUT2D eigenvalue weighted by Crippen LogP contribution is 2.27. The highest BCUT2D eigenvalue weighted by Gasteiger charge is 2.22. The second kappa shape index (κ2) is 6.07. The van der Waals surface area contributed by atoms with E-state index in [9.17, 15) is 4.79 Å². The zero-order chi connectivity index (χ0) is 13.8. The number of pyridine rings is 1. The van der Waals surface area contributed by atoms with Crippen LogP contribution in [0.2, 0.25) is 0 Å². The van der Waals surface area contributed by atoms with Crippen molar-refractivity contribution in [1.29, 1.82) is 0 Å². The summed E-state index contributed by atoms with van der Waals surface area (Å²) in [6, 6.07) is 3.84. The second-order valence-corrected chi connectivity index (χ2v) is 5.54. The number of carbonyl (C=O) groups excluding carboxylic acids is 1. The number of hydrogen-bond donors (Lipinski definition) is 1. The van der Waals surface area contributed by atoms with Gasteiger partial charge in [-0.05, 0) is 44.2 Å². The van der Waals surface area contributed by atoms with E-state index in [-0.39, 0.29) is 11.8 Å².